The molecule has 2 bridgehead atoms. The van der Waals surface area contributed by atoms with Gasteiger partial charge in [0.25, 0.3) is 0 Å². The fraction of sp³-hybridized carbons (Fsp3) is 0.655. The Hall–Kier alpha value is -2.24. The summed E-state index contributed by atoms with van der Waals surface area (Å²) in [6, 6.07) is 6.12. The van der Waals surface area contributed by atoms with Crippen LogP contribution in [0.1, 0.15) is 65.0 Å². The molecule has 0 aromatic heterocycles. The molecule has 4 atom stereocenters. The lowest BCUT2D eigenvalue weighted by Gasteiger charge is -2.28. The molecule has 11 heteroatoms. The number of rotatable bonds is 4. The van der Waals surface area contributed by atoms with Gasteiger partial charge in [-0.05, 0) is 36.3 Å². The van der Waals surface area contributed by atoms with Gasteiger partial charge in [0.1, 0.15) is 18.1 Å². The number of carbonyl (C=O) groups is 4. The minimum Gasteiger partial charge on any atom is -0.400 e. The maximum Gasteiger partial charge on any atom is 0.243 e. The van der Waals surface area contributed by atoms with Gasteiger partial charge in [-0.15, -0.1) is 0 Å². The lowest BCUT2D eigenvalue weighted by molar-refractivity contribution is -0.134. The van der Waals surface area contributed by atoms with Crippen molar-refractivity contribution in [3.05, 3.63) is 35.4 Å². The number of carbonyl (C=O) groups excluding carboxylic acids is 4. The van der Waals surface area contributed by atoms with Crippen molar-refractivity contribution >= 4 is 47.2 Å². The number of amides is 4. The van der Waals surface area contributed by atoms with Crippen LogP contribution in [0.4, 0.5) is 0 Å². The number of thioether (sulfide) groups is 2. The van der Waals surface area contributed by atoms with Crippen molar-refractivity contribution in [2.24, 2.45) is 11.8 Å². The molecule has 0 fully saturated rings. The van der Waals surface area contributed by atoms with Gasteiger partial charge in [0, 0.05) is 43.1 Å². The Balaban J connectivity index is 0.00000391. The molecule has 1 aromatic rings. The van der Waals surface area contributed by atoms with Crippen molar-refractivity contribution in [2.45, 2.75) is 83.5 Å². The maximum absolute atomic E-state index is 13.3. The third kappa shape index (κ3) is 13.4. The van der Waals surface area contributed by atoms with E-state index in [9.17, 15) is 19.2 Å². The van der Waals surface area contributed by atoms with Crippen molar-refractivity contribution in [3.8, 4) is 0 Å². The lowest BCUT2D eigenvalue weighted by atomic mass is 9.96. The first-order chi connectivity index (χ1) is 19.1. The summed E-state index contributed by atoms with van der Waals surface area (Å²) in [6.07, 6.45) is 1.44. The Bertz CT molecular complexity index is 947. The van der Waals surface area contributed by atoms with Crippen LogP contribution < -0.4 is 21.3 Å². The minimum absolute atomic E-state index is 0.0774. The normalized spacial score (nSPS) is 23.1. The van der Waals surface area contributed by atoms with Gasteiger partial charge in [-0.2, -0.15) is 23.5 Å². The molecule has 0 saturated carbocycles. The Labute approximate surface area is 248 Å². The van der Waals surface area contributed by atoms with E-state index in [2.05, 4.69) is 39.5 Å². The van der Waals surface area contributed by atoms with Gasteiger partial charge in [-0.1, -0.05) is 58.4 Å². The van der Waals surface area contributed by atoms with Crippen LogP contribution in [-0.4, -0.2) is 72.0 Å². The van der Waals surface area contributed by atoms with E-state index in [0.29, 0.717) is 31.6 Å². The predicted octanol–water partition coefficient (Wildman–Crippen LogP) is 2.85. The fourth-order valence-electron chi connectivity index (χ4n) is 4.05. The maximum atomic E-state index is 13.3. The second-order valence-corrected chi connectivity index (χ2v) is 12.5. The van der Waals surface area contributed by atoms with Gasteiger partial charge in [-0.3, -0.25) is 19.2 Å². The minimum atomic E-state index is -0.806. The Morgan fingerprint density at radius 3 is 2.12 bits per heavy atom. The molecule has 226 valence electrons. The number of nitrogens with one attached hydrogen (secondary N) is 4. The lowest BCUT2D eigenvalue weighted by Crippen LogP contribution is -2.58. The highest BCUT2D eigenvalue weighted by atomic mass is 32.2. The first-order valence-electron chi connectivity index (χ1n) is 14.0. The quantitative estimate of drug-likeness (QED) is 0.361. The smallest absolute Gasteiger partial charge is 0.243 e. The summed E-state index contributed by atoms with van der Waals surface area (Å²) in [7, 11) is 1.00. The molecule has 1 aromatic carbocycles. The molecule has 1 aliphatic rings. The molecule has 2 rings (SSSR count). The van der Waals surface area contributed by atoms with Crippen molar-refractivity contribution in [1.82, 2.24) is 21.3 Å². The molecular weight excluding hydrogens is 548 g/mol. The molecule has 4 amide bonds. The summed E-state index contributed by atoms with van der Waals surface area (Å²) in [5.41, 5.74) is 2.43. The third-order valence-electron chi connectivity index (χ3n) is 6.45. The van der Waals surface area contributed by atoms with Crippen molar-refractivity contribution in [3.63, 3.8) is 0 Å². The predicted molar refractivity (Wildman–Crippen MR) is 165 cm³/mol. The summed E-state index contributed by atoms with van der Waals surface area (Å²) in [4.78, 5) is 51.7. The van der Waals surface area contributed by atoms with Crippen LogP contribution in [0.2, 0.25) is 0 Å². The van der Waals surface area contributed by atoms with E-state index < -0.39 is 24.0 Å². The Morgan fingerprint density at radius 2 is 1.52 bits per heavy atom. The second-order valence-electron chi connectivity index (χ2n) is 10.3. The van der Waals surface area contributed by atoms with E-state index in [1.165, 1.54) is 11.1 Å². The van der Waals surface area contributed by atoms with Gasteiger partial charge < -0.3 is 26.4 Å². The molecule has 1 heterocycles. The monoisotopic (exact) mass is 596 g/mol. The zero-order chi connectivity index (χ0) is 30.1. The molecule has 0 aliphatic carbocycles. The van der Waals surface area contributed by atoms with Crippen LogP contribution in [0, 0.1) is 11.8 Å². The number of aliphatic hydroxyl groups excluding tert-OH is 1. The van der Waals surface area contributed by atoms with E-state index in [1.807, 2.05) is 33.8 Å². The highest BCUT2D eigenvalue weighted by Gasteiger charge is 2.31. The summed E-state index contributed by atoms with van der Waals surface area (Å²) < 4.78 is 0. The van der Waals surface area contributed by atoms with E-state index >= 15 is 0 Å². The van der Waals surface area contributed by atoms with Crippen LogP contribution in [0.5, 0.6) is 0 Å². The first-order valence-corrected chi connectivity index (χ1v) is 16.3. The van der Waals surface area contributed by atoms with Crippen molar-refractivity contribution in [2.75, 3.05) is 25.2 Å². The highest BCUT2D eigenvalue weighted by molar-refractivity contribution is 7.98. The van der Waals surface area contributed by atoms with Crippen LogP contribution in [0.15, 0.2) is 24.3 Å². The van der Waals surface area contributed by atoms with Crippen LogP contribution >= 0.6 is 23.5 Å². The van der Waals surface area contributed by atoms with Gasteiger partial charge in [0.2, 0.25) is 23.6 Å². The number of aliphatic hydroxyl groups is 1. The molecule has 5 N–H and O–H groups in total. The summed E-state index contributed by atoms with van der Waals surface area (Å²) in [5.74, 6) is 1.88. The number of fused-ring (bicyclic) bond motifs is 2. The van der Waals surface area contributed by atoms with Gasteiger partial charge in [0.05, 0.1) is 0 Å². The van der Waals surface area contributed by atoms with Crippen molar-refractivity contribution in [1.29, 1.82) is 0 Å². The Kier molecular flexibility index (Phi) is 17.7. The first kappa shape index (κ1) is 35.8. The van der Waals surface area contributed by atoms with Crippen LogP contribution in [0.25, 0.3) is 0 Å². The van der Waals surface area contributed by atoms with E-state index in [0.717, 1.165) is 24.4 Å². The summed E-state index contributed by atoms with van der Waals surface area (Å²) in [6.45, 7) is 9.97. The van der Waals surface area contributed by atoms with Gasteiger partial charge in [-0.25, -0.2) is 0 Å². The zero-order valence-corrected chi connectivity index (χ0v) is 26.4. The van der Waals surface area contributed by atoms with Crippen LogP contribution in [-0.2, 0) is 30.7 Å². The Morgan fingerprint density at radius 1 is 0.900 bits per heavy atom. The molecule has 40 heavy (non-hydrogen) atoms. The second kappa shape index (κ2) is 19.8. The average molecular weight is 597 g/mol. The molecule has 0 saturated heterocycles. The average Bonchev–Trinajstić information content (AvgIpc) is 2.93. The van der Waals surface area contributed by atoms with Crippen molar-refractivity contribution < 1.29 is 24.3 Å². The summed E-state index contributed by atoms with van der Waals surface area (Å²) in [5, 5.41) is 18.4. The molecule has 0 radical (unpaired) electrons. The standard InChI is InChI=1S/C28H44N4O4S2.CH4O/c1-6-19(4)25-28(36)29-11-13-38-17-22-9-7-8-21(15-22)16-37-12-10-24(33)30-20(5)26(34)31-23(14-18(2)3)27(35)32-25;1-2/h7-9,15,18-20,23,25H,6,10-14,16-17H2,1-5H3,(H,29,36)(H,30,33)(H,31,34)(H,32,35);2H,1H3/t19-,20-,23-,25-;/m0./s1. The van der Waals surface area contributed by atoms with E-state index in [1.54, 1.807) is 30.4 Å². The molecule has 0 spiro atoms. The molecular formula is C29H48N4O5S2. The fourth-order valence-corrected chi connectivity index (χ4v) is 5.74. The highest BCUT2D eigenvalue weighted by Crippen LogP contribution is 2.18. The topological polar surface area (TPSA) is 137 Å². The zero-order valence-electron chi connectivity index (χ0n) is 24.7. The largest absolute Gasteiger partial charge is 0.400 e. The molecule has 9 nitrogen and oxygen atoms in total. The SMILES string of the molecule is CC[C@H](C)[C@@H]1NC(=O)[C@H](CC(C)C)NC(=O)[C@H](C)NC(=O)CCSCc2cccc(c2)CSCCNC1=O.CO. The third-order valence-corrected chi connectivity index (χ3v) is 8.51. The number of benzene rings is 1. The van der Waals surface area contributed by atoms with E-state index in [4.69, 9.17) is 5.11 Å². The number of hydrogen-bond acceptors (Lipinski definition) is 7. The summed E-state index contributed by atoms with van der Waals surface area (Å²) >= 11 is 3.42. The van der Waals surface area contributed by atoms with Crippen LogP contribution in [0.3, 0.4) is 0 Å². The van der Waals surface area contributed by atoms with E-state index in [-0.39, 0.29) is 29.6 Å². The van der Waals surface area contributed by atoms with Gasteiger partial charge in [0.15, 0.2) is 0 Å². The molecule has 1 aliphatic heterocycles. The van der Waals surface area contributed by atoms with Gasteiger partial charge >= 0.3 is 0 Å². The number of hydrogen-bond donors (Lipinski definition) is 5. The molecule has 0 unspecified atom stereocenters.